The van der Waals surface area contributed by atoms with E-state index in [-0.39, 0.29) is 0 Å². The molecule has 2 rings (SSSR count). The predicted molar refractivity (Wildman–Crippen MR) is 105 cm³/mol. The summed E-state index contributed by atoms with van der Waals surface area (Å²) in [6, 6.07) is 3.60. The Morgan fingerprint density at radius 3 is 2.67 bits per heavy atom. The SMILES string of the molecule is CCCOc1cc(Cl)c(CN2CC[C@H](O)[C@](CCC)(C(=O)O)C2)cc1OC. The van der Waals surface area contributed by atoms with Crippen LogP contribution in [-0.4, -0.2) is 54.0 Å². The van der Waals surface area contributed by atoms with E-state index in [0.717, 1.165) is 12.0 Å². The Labute approximate surface area is 166 Å². The molecule has 152 valence electrons. The number of carboxylic acid groups (broad SMARTS) is 1. The molecule has 0 bridgehead atoms. The average molecular weight is 400 g/mol. The van der Waals surface area contributed by atoms with E-state index in [9.17, 15) is 15.0 Å². The number of rotatable bonds is 9. The highest BCUT2D eigenvalue weighted by atomic mass is 35.5. The van der Waals surface area contributed by atoms with Crippen molar-refractivity contribution in [2.45, 2.75) is 52.2 Å². The number of nitrogens with zero attached hydrogens (tertiary/aromatic N) is 1. The first-order valence-corrected chi connectivity index (χ1v) is 9.88. The molecule has 7 heteroatoms. The van der Waals surface area contributed by atoms with Crippen LogP contribution in [0.1, 0.15) is 45.1 Å². The van der Waals surface area contributed by atoms with Crippen LogP contribution in [0, 0.1) is 5.41 Å². The number of likely N-dealkylation sites (tertiary alicyclic amines) is 1. The maximum Gasteiger partial charge on any atom is 0.313 e. The van der Waals surface area contributed by atoms with Gasteiger partial charge in [-0.1, -0.05) is 31.9 Å². The molecular weight excluding hydrogens is 370 g/mol. The number of benzene rings is 1. The Hall–Kier alpha value is -1.50. The standard InChI is InChI=1S/C20H30ClNO5/c1-4-7-20(19(24)25)13-22(8-6-18(20)23)12-14-10-16(26-3)17(11-15(14)21)27-9-5-2/h10-11,18,23H,4-9,12-13H2,1-3H3,(H,24,25)/t18-,20+/m0/s1. The first-order valence-electron chi connectivity index (χ1n) is 9.51. The van der Waals surface area contributed by atoms with Crippen LogP contribution in [0.4, 0.5) is 0 Å². The van der Waals surface area contributed by atoms with E-state index >= 15 is 0 Å². The number of ether oxygens (including phenoxy) is 2. The number of halogens is 1. The Balaban J connectivity index is 2.22. The van der Waals surface area contributed by atoms with Crippen LogP contribution in [0.2, 0.25) is 5.02 Å². The quantitative estimate of drug-likeness (QED) is 0.660. The van der Waals surface area contributed by atoms with Gasteiger partial charge in [0.1, 0.15) is 5.41 Å². The van der Waals surface area contributed by atoms with Crippen molar-refractivity contribution < 1.29 is 24.5 Å². The molecule has 0 aliphatic carbocycles. The van der Waals surface area contributed by atoms with Crippen LogP contribution in [0.25, 0.3) is 0 Å². The van der Waals surface area contributed by atoms with Gasteiger partial charge in [-0.05, 0) is 30.9 Å². The van der Waals surface area contributed by atoms with Gasteiger partial charge in [-0.3, -0.25) is 9.69 Å². The fourth-order valence-corrected chi connectivity index (χ4v) is 3.95. The van der Waals surface area contributed by atoms with Gasteiger partial charge >= 0.3 is 5.97 Å². The number of piperidine rings is 1. The summed E-state index contributed by atoms with van der Waals surface area (Å²) >= 11 is 6.45. The molecule has 1 aromatic carbocycles. The second-order valence-corrected chi connectivity index (χ2v) is 7.58. The van der Waals surface area contributed by atoms with Crippen LogP contribution < -0.4 is 9.47 Å². The first-order chi connectivity index (χ1) is 12.9. The van der Waals surface area contributed by atoms with Gasteiger partial charge in [0.25, 0.3) is 0 Å². The van der Waals surface area contributed by atoms with Gasteiger partial charge in [0.2, 0.25) is 0 Å². The number of carboxylic acids is 1. The molecule has 0 saturated carbocycles. The Bertz CT molecular complexity index is 654. The summed E-state index contributed by atoms with van der Waals surface area (Å²) in [7, 11) is 1.58. The minimum absolute atomic E-state index is 0.296. The van der Waals surface area contributed by atoms with Crippen molar-refractivity contribution in [3.63, 3.8) is 0 Å². The van der Waals surface area contributed by atoms with Crippen LogP contribution in [0.3, 0.4) is 0 Å². The van der Waals surface area contributed by atoms with Crippen LogP contribution in [0.15, 0.2) is 12.1 Å². The highest BCUT2D eigenvalue weighted by Crippen LogP contribution is 2.38. The minimum atomic E-state index is -1.13. The summed E-state index contributed by atoms with van der Waals surface area (Å²) in [6.07, 6.45) is 1.63. The van der Waals surface area contributed by atoms with E-state index in [4.69, 9.17) is 21.1 Å². The lowest BCUT2D eigenvalue weighted by Gasteiger charge is -2.43. The molecule has 1 heterocycles. The fourth-order valence-electron chi connectivity index (χ4n) is 3.73. The first kappa shape index (κ1) is 21.8. The average Bonchev–Trinajstić information content (AvgIpc) is 2.64. The van der Waals surface area contributed by atoms with Crippen LogP contribution in [-0.2, 0) is 11.3 Å². The smallest absolute Gasteiger partial charge is 0.313 e. The Morgan fingerprint density at radius 2 is 2.07 bits per heavy atom. The Morgan fingerprint density at radius 1 is 1.33 bits per heavy atom. The van der Waals surface area contributed by atoms with Crippen molar-refractivity contribution in [1.82, 2.24) is 4.90 Å². The second-order valence-electron chi connectivity index (χ2n) is 7.17. The number of aliphatic carboxylic acids is 1. The van der Waals surface area contributed by atoms with Gasteiger partial charge in [0.15, 0.2) is 11.5 Å². The molecule has 6 nitrogen and oxygen atoms in total. The second kappa shape index (κ2) is 9.62. The third kappa shape index (κ3) is 4.86. The molecule has 2 N–H and O–H groups in total. The van der Waals surface area contributed by atoms with Gasteiger partial charge in [0.05, 0.1) is 19.8 Å². The van der Waals surface area contributed by atoms with Gasteiger partial charge in [-0.25, -0.2) is 0 Å². The maximum absolute atomic E-state index is 11.9. The van der Waals surface area contributed by atoms with Crippen molar-refractivity contribution >= 4 is 17.6 Å². The van der Waals surface area contributed by atoms with Crippen molar-refractivity contribution in [3.8, 4) is 11.5 Å². The van der Waals surface area contributed by atoms with Crippen LogP contribution >= 0.6 is 11.6 Å². The van der Waals surface area contributed by atoms with Gasteiger partial charge in [-0.15, -0.1) is 0 Å². The normalized spacial score (nSPS) is 23.2. The summed E-state index contributed by atoms with van der Waals surface area (Å²) < 4.78 is 11.1. The van der Waals surface area contributed by atoms with Crippen LogP contribution in [0.5, 0.6) is 11.5 Å². The van der Waals surface area contributed by atoms with Crippen molar-refractivity contribution in [1.29, 1.82) is 0 Å². The monoisotopic (exact) mass is 399 g/mol. The van der Waals surface area contributed by atoms with Gasteiger partial charge in [-0.2, -0.15) is 0 Å². The molecule has 0 aromatic heterocycles. The molecule has 1 saturated heterocycles. The topological polar surface area (TPSA) is 79.2 Å². The highest BCUT2D eigenvalue weighted by Gasteiger charge is 2.48. The molecule has 0 amide bonds. The molecule has 1 fully saturated rings. The van der Waals surface area contributed by atoms with Crippen molar-refractivity contribution in [2.24, 2.45) is 5.41 Å². The molecule has 0 radical (unpaired) electrons. The summed E-state index contributed by atoms with van der Waals surface area (Å²) in [5.74, 6) is 0.277. The zero-order valence-electron chi connectivity index (χ0n) is 16.3. The predicted octanol–water partition coefficient (Wildman–Crippen LogP) is 3.58. The maximum atomic E-state index is 11.9. The fraction of sp³-hybridized carbons (Fsp3) is 0.650. The third-order valence-electron chi connectivity index (χ3n) is 5.17. The highest BCUT2D eigenvalue weighted by molar-refractivity contribution is 6.31. The molecule has 1 aromatic rings. The molecular formula is C20H30ClNO5. The number of aliphatic hydroxyl groups excluding tert-OH is 1. The van der Waals surface area contributed by atoms with Crippen molar-refractivity contribution in [3.05, 3.63) is 22.7 Å². The lowest BCUT2D eigenvalue weighted by molar-refractivity contribution is -0.164. The lowest BCUT2D eigenvalue weighted by atomic mass is 9.74. The van der Waals surface area contributed by atoms with E-state index in [0.29, 0.717) is 62.0 Å². The van der Waals surface area contributed by atoms with E-state index in [1.807, 2.05) is 24.8 Å². The summed E-state index contributed by atoms with van der Waals surface area (Å²) in [5.41, 5.74) is -0.280. The van der Waals surface area contributed by atoms with E-state index in [2.05, 4.69) is 0 Å². The molecule has 0 spiro atoms. The molecule has 1 aliphatic rings. The number of methoxy groups -OCH3 is 1. The molecule has 0 unspecified atom stereocenters. The van der Waals surface area contributed by atoms with E-state index in [1.165, 1.54) is 0 Å². The Kier molecular flexibility index (Phi) is 7.77. The minimum Gasteiger partial charge on any atom is -0.493 e. The van der Waals surface area contributed by atoms with E-state index in [1.54, 1.807) is 13.2 Å². The zero-order chi connectivity index (χ0) is 20.0. The number of hydrogen-bond donors (Lipinski definition) is 2. The summed E-state index contributed by atoms with van der Waals surface area (Å²) in [6.45, 7) is 5.95. The number of carbonyl (C=O) groups is 1. The number of aliphatic hydroxyl groups is 1. The summed E-state index contributed by atoms with van der Waals surface area (Å²) in [5, 5.41) is 20.7. The summed E-state index contributed by atoms with van der Waals surface area (Å²) in [4.78, 5) is 14.0. The van der Waals surface area contributed by atoms with Gasteiger partial charge < -0.3 is 19.7 Å². The zero-order valence-corrected chi connectivity index (χ0v) is 17.1. The molecule has 1 aliphatic heterocycles. The molecule has 2 atom stereocenters. The number of hydrogen-bond acceptors (Lipinski definition) is 5. The third-order valence-corrected chi connectivity index (χ3v) is 5.52. The largest absolute Gasteiger partial charge is 0.493 e. The molecule has 27 heavy (non-hydrogen) atoms. The lowest BCUT2D eigenvalue weighted by Crippen LogP contribution is -2.55. The van der Waals surface area contributed by atoms with E-state index < -0.39 is 17.5 Å². The van der Waals surface area contributed by atoms with Crippen molar-refractivity contribution in [2.75, 3.05) is 26.8 Å². The van der Waals surface area contributed by atoms with Gasteiger partial charge in [0, 0.05) is 30.7 Å².